The van der Waals surface area contributed by atoms with Crippen molar-refractivity contribution < 1.29 is 17.9 Å². The summed E-state index contributed by atoms with van der Waals surface area (Å²) in [5, 5.41) is 3.93. The summed E-state index contributed by atoms with van der Waals surface area (Å²) < 4.78 is 40.2. The van der Waals surface area contributed by atoms with Crippen LogP contribution in [0.25, 0.3) is 0 Å². The molecule has 1 N–H and O–H groups in total. The van der Waals surface area contributed by atoms with Crippen LogP contribution in [0.15, 0.2) is 70.0 Å². The van der Waals surface area contributed by atoms with Gasteiger partial charge in [0.25, 0.3) is 10.0 Å². The number of fused-ring (bicyclic) bond motifs is 1. The minimum absolute atomic E-state index is 0.120. The van der Waals surface area contributed by atoms with E-state index in [1.807, 2.05) is 12.1 Å². The van der Waals surface area contributed by atoms with Gasteiger partial charge in [-0.25, -0.2) is 0 Å². The van der Waals surface area contributed by atoms with Gasteiger partial charge in [0.05, 0.1) is 17.8 Å². The van der Waals surface area contributed by atoms with Gasteiger partial charge in [-0.3, -0.25) is 0 Å². The van der Waals surface area contributed by atoms with E-state index in [-0.39, 0.29) is 22.4 Å². The summed E-state index contributed by atoms with van der Waals surface area (Å²) in [7, 11) is -2.35. The first-order valence-corrected chi connectivity index (χ1v) is 11.0. The number of nitrogens with one attached hydrogen (secondary N) is 1. The molecule has 3 aromatic rings. The van der Waals surface area contributed by atoms with Crippen LogP contribution in [-0.4, -0.2) is 21.4 Å². The Hall–Kier alpha value is -2.74. The van der Waals surface area contributed by atoms with Crippen molar-refractivity contribution in [2.24, 2.45) is 4.40 Å². The summed E-state index contributed by atoms with van der Waals surface area (Å²) in [6.45, 7) is 0.257. The van der Waals surface area contributed by atoms with Crippen LogP contribution in [0.3, 0.4) is 0 Å². The number of rotatable bonds is 5. The van der Waals surface area contributed by atoms with Crippen molar-refractivity contribution in [2.45, 2.75) is 11.5 Å². The minimum atomic E-state index is -3.83. The fourth-order valence-corrected chi connectivity index (χ4v) is 4.50. The number of hydrogen-bond donors (Lipinski definition) is 1. The minimum Gasteiger partial charge on any atom is -0.493 e. The number of sulfonamides is 1. The fraction of sp³-hybridized carbons (Fsp3) is 0.0952. The molecule has 0 unspecified atom stereocenters. The van der Waals surface area contributed by atoms with Gasteiger partial charge in [0, 0.05) is 10.6 Å². The second-order valence-corrected chi connectivity index (χ2v) is 8.86. The molecule has 0 bridgehead atoms. The molecule has 0 saturated carbocycles. The predicted octanol–water partition coefficient (Wildman–Crippen LogP) is 5.14. The Labute approximate surface area is 184 Å². The van der Waals surface area contributed by atoms with Crippen LogP contribution >= 0.6 is 23.2 Å². The third kappa shape index (κ3) is 4.09. The number of nitrogens with zero attached hydrogens (tertiary/aromatic N) is 1. The van der Waals surface area contributed by atoms with E-state index in [1.54, 1.807) is 42.5 Å². The average molecular weight is 463 g/mol. The first kappa shape index (κ1) is 20.5. The van der Waals surface area contributed by atoms with E-state index in [1.165, 1.54) is 13.2 Å². The van der Waals surface area contributed by atoms with Crippen molar-refractivity contribution in [2.75, 3.05) is 12.4 Å². The highest BCUT2D eigenvalue weighted by Crippen LogP contribution is 2.38. The van der Waals surface area contributed by atoms with Crippen molar-refractivity contribution in [3.63, 3.8) is 0 Å². The first-order valence-electron chi connectivity index (χ1n) is 8.83. The molecule has 0 atom stereocenters. The standard InChI is InChI=1S/C21H16Cl2N2O4S/c1-28-18-11-14(21-24-17-4-2-3-5-19(17)30(26,27)25-21)10-16(23)20(18)29-12-13-6-8-15(22)9-7-13/h2-11H,12H2,1H3,(H,24,25). The van der Waals surface area contributed by atoms with E-state index in [9.17, 15) is 8.42 Å². The maximum atomic E-state index is 12.5. The van der Waals surface area contributed by atoms with Crippen LogP contribution in [0, 0.1) is 0 Å². The van der Waals surface area contributed by atoms with Crippen molar-refractivity contribution >= 4 is 44.7 Å². The second kappa shape index (κ2) is 8.18. The molecule has 1 heterocycles. The molecule has 1 aliphatic rings. The molecule has 1 aliphatic heterocycles. The van der Waals surface area contributed by atoms with E-state index in [0.717, 1.165) is 5.56 Å². The van der Waals surface area contributed by atoms with Gasteiger partial charge >= 0.3 is 0 Å². The monoisotopic (exact) mass is 462 g/mol. The third-order valence-corrected chi connectivity index (χ3v) is 6.30. The maximum absolute atomic E-state index is 12.5. The maximum Gasteiger partial charge on any atom is 0.286 e. The molecule has 3 aromatic carbocycles. The number of hydrogen-bond acceptors (Lipinski definition) is 5. The molecular weight excluding hydrogens is 447 g/mol. The Morgan fingerprint density at radius 3 is 2.50 bits per heavy atom. The molecule has 0 spiro atoms. The number of ether oxygens (including phenoxy) is 2. The highest BCUT2D eigenvalue weighted by molar-refractivity contribution is 7.90. The quantitative estimate of drug-likeness (QED) is 0.567. The number of halogens is 2. The molecule has 30 heavy (non-hydrogen) atoms. The SMILES string of the molecule is COc1cc(C2=NS(=O)(=O)c3ccccc3N2)cc(Cl)c1OCc1ccc(Cl)cc1. The lowest BCUT2D eigenvalue weighted by molar-refractivity contribution is 0.284. The van der Waals surface area contributed by atoms with Crippen LogP contribution < -0.4 is 14.8 Å². The van der Waals surface area contributed by atoms with Crippen molar-refractivity contribution in [3.8, 4) is 11.5 Å². The largest absolute Gasteiger partial charge is 0.493 e. The Morgan fingerprint density at radius 2 is 1.77 bits per heavy atom. The van der Waals surface area contributed by atoms with Crippen LogP contribution in [0.2, 0.25) is 10.0 Å². The molecule has 0 aromatic heterocycles. The molecule has 6 nitrogen and oxygen atoms in total. The molecule has 4 rings (SSSR count). The number of para-hydroxylation sites is 1. The Morgan fingerprint density at radius 1 is 1.03 bits per heavy atom. The van der Waals surface area contributed by atoms with Gasteiger partial charge in [0.15, 0.2) is 17.3 Å². The van der Waals surface area contributed by atoms with E-state index >= 15 is 0 Å². The molecule has 0 amide bonds. The highest BCUT2D eigenvalue weighted by atomic mass is 35.5. The Balaban J connectivity index is 1.66. The highest BCUT2D eigenvalue weighted by Gasteiger charge is 2.26. The van der Waals surface area contributed by atoms with Crippen molar-refractivity contribution in [3.05, 3.63) is 81.8 Å². The molecule has 9 heteroatoms. The van der Waals surface area contributed by atoms with Gasteiger partial charge < -0.3 is 14.8 Å². The Kier molecular flexibility index (Phi) is 5.60. The zero-order valence-corrected chi connectivity index (χ0v) is 18.1. The van der Waals surface area contributed by atoms with E-state index in [0.29, 0.717) is 27.8 Å². The van der Waals surface area contributed by atoms with Gasteiger partial charge in [-0.05, 0) is 42.0 Å². The molecule has 0 aliphatic carbocycles. The molecule has 0 saturated heterocycles. The van der Waals surface area contributed by atoms with Crippen LogP contribution in [0.5, 0.6) is 11.5 Å². The molecule has 0 fully saturated rings. The second-order valence-electron chi connectivity index (χ2n) is 6.44. The normalized spacial score (nSPS) is 14.3. The predicted molar refractivity (Wildman–Crippen MR) is 118 cm³/mol. The summed E-state index contributed by atoms with van der Waals surface area (Å²) >= 11 is 12.3. The average Bonchev–Trinajstić information content (AvgIpc) is 2.73. The van der Waals surface area contributed by atoms with Gasteiger partial charge in [0.1, 0.15) is 11.5 Å². The van der Waals surface area contributed by atoms with E-state index < -0.39 is 10.0 Å². The van der Waals surface area contributed by atoms with Crippen molar-refractivity contribution in [1.82, 2.24) is 0 Å². The van der Waals surface area contributed by atoms with E-state index in [2.05, 4.69) is 9.71 Å². The Bertz CT molecular complexity index is 1240. The number of anilines is 1. The number of amidine groups is 1. The van der Waals surface area contributed by atoms with Crippen LogP contribution in [0.4, 0.5) is 5.69 Å². The number of benzene rings is 3. The zero-order valence-electron chi connectivity index (χ0n) is 15.7. The lowest BCUT2D eigenvalue weighted by atomic mass is 10.1. The van der Waals surface area contributed by atoms with Gasteiger partial charge in [-0.1, -0.05) is 47.5 Å². The number of methoxy groups -OCH3 is 1. The van der Waals surface area contributed by atoms with E-state index in [4.69, 9.17) is 32.7 Å². The summed E-state index contributed by atoms with van der Waals surface area (Å²) in [5.74, 6) is 0.850. The third-order valence-electron chi connectivity index (χ3n) is 4.43. The lowest BCUT2D eigenvalue weighted by Crippen LogP contribution is -2.22. The first-order chi connectivity index (χ1) is 14.4. The zero-order chi connectivity index (χ0) is 21.3. The summed E-state index contributed by atoms with van der Waals surface area (Å²) in [6.07, 6.45) is 0. The fourth-order valence-electron chi connectivity index (χ4n) is 2.97. The molecular formula is C21H16Cl2N2O4S. The summed E-state index contributed by atoms with van der Waals surface area (Å²) in [4.78, 5) is 0.120. The molecule has 154 valence electrons. The van der Waals surface area contributed by atoms with Crippen LogP contribution in [-0.2, 0) is 16.6 Å². The smallest absolute Gasteiger partial charge is 0.286 e. The summed E-state index contributed by atoms with van der Waals surface area (Å²) in [5.41, 5.74) is 1.80. The lowest BCUT2D eigenvalue weighted by Gasteiger charge is -2.20. The van der Waals surface area contributed by atoms with Gasteiger partial charge in [-0.2, -0.15) is 8.42 Å². The topological polar surface area (TPSA) is 77.0 Å². The van der Waals surface area contributed by atoms with Gasteiger partial charge in [-0.15, -0.1) is 4.40 Å². The molecule has 0 radical (unpaired) electrons. The van der Waals surface area contributed by atoms with Crippen LogP contribution in [0.1, 0.15) is 11.1 Å². The summed E-state index contributed by atoms with van der Waals surface area (Å²) in [6, 6.07) is 17.0. The van der Waals surface area contributed by atoms with Gasteiger partial charge in [0.2, 0.25) is 0 Å². The van der Waals surface area contributed by atoms with Crippen molar-refractivity contribution in [1.29, 1.82) is 0 Å².